The molecule has 1 saturated heterocycles. The zero-order valence-corrected chi connectivity index (χ0v) is 10.3. The van der Waals surface area contributed by atoms with Gasteiger partial charge in [-0.15, -0.1) is 0 Å². The number of carbonyl (C=O) groups is 1. The van der Waals surface area contributed by atoms with Crippen LogP contribution in [0.5, 0.6) is 5.75 Å². The average molecular weight is 251 g/mol. The molecule has 0 aliphatic carbocycles. The van der Waals surface area contributed by atoms with Gasteiger partial charge >= 0.3 is 0 Å². The molecular formula is C12H17N3O3. The quantitative estimate of drug-likeness (QED) is 0.736. The predicted molar refractivity (Wildman–Crippen MR) is 68.6 cm³/mol. The van der Waals surface area contributed by atoms with Crippen molar-refractivity contribution in [1.82, 2.24) is 0 Å². The summed E-state index contributed by atoms with van der Waals surface area (Å²) >= 11 is 0. The number of carbonyl (C=O) groups excluding carboxylic acids is 1. The Balaban J connectivity index is 2.35. The molecule has 0 bridgehead atoms. The van der Waals surface area contributed by atoms with Gasteiger partial charge in [0, 0.05) is 12.6 Å². The lowest BCUT2D eigenvalue weighted by Crippen LogP contribution is -2.52. The smallest absolute Gasteiger partial charge is 0.242 e. The van der Waals surface area contributed by atoms with Gasteiger partial charge in [-0.25, -0.2) is 0 Å². The summed E-state index contributed by atoms with van der Waals surface area (Å²) in [5.74, 6) is 0.269. The number of nitrogen functional groups attached to an aromatic ring is 1. The van der Waals surface area contributed by atoms with Crippen molar-refractivity contribution in [3.8, 4) is 5.75 Å². The van der Waals surface area contributed by atoms with Gasteiger partial charge in [0.1, 0.15) is 11.8 Å². The van der Waals surface area contributed by atoms with Crippen LogP contribution in [0.25, 0.3) is 0 Å². The van der Waals surface area contributed by atoms with Crippen molar-refractivity contribution < 1.29 is 14.3 Å². The number of nitrogens with two attached hydrogens (primary N) is 2. The van der Waals surface area contributed by atoms with Crippen LogP contribution >= 0.6 is 0 Å². The maximum atomic E-state index is 11.4. The molecule has 1 heterocycles. The lowest BCUT2D eigenvalue weighted by molar-refractivity contribution is -0.121. The second kappa shape index (κ2) is 5.14. The Kier molecular flexibility index (Phi) is 3.57. The number of hydrogen-bond donors (Lipinski definition) is 2. The molecule has 0 aromatic heterocycles. The van der Waals surface area contributed by atoms with Gasteiger partial charge < -0.3 is 25.8 Å². The summed E-state index contributed by atoms with van der Waals surface area (Å²) < 4.78 is 10.4. The van der Waals surface area contributed by atoms with Crippen molar-refractivity contribution in [1.29, 1.82) is 0 Å². The minimum Gasteiger partial charge on any atom is -0.497 e. The highest BCUT2D eigenvalue weighted by atomic mass is 16.5. The molecule has 2 rings (SSSR count). The van der Waals surface area contributed by atoms with Crippen LogP contribution in [-0.2, 0) is 9.53 Å². The van der Waals surface area contributed by atoms with E-state index in [1.54, 1.807) is 25.3 Å². The van der Waals surface area contributed by atoms with E-state index in [0.717, 1.165) is 5.69 Å². The van der Waals surface area contributed by atoms with Crippen LogP contribution < -0.4 is 21.1 Å². The van der Waals surface area contributed by atoms with Gasteiger partial charge in [0.25, 0.3) is 0 Å². The number of morpholine rings is 1. The van der Waals surface area contributed by atoms with Crippen molar-refractivity contribution in [2.24, 2.45) is 5.73 Å². The first-order valence-corrected chi connectivity index (χ1v) is 5.70. The maximum absolute atomic E-state index is 11.4. The number of nitrogens with zero attached hydrogens (tertiary/aromatic N) is 1. The van der Waals surface area contributed by atoms with Crippen LogP contribution in [0.4, 0.5) is 11.4 Å². The number of hydrogen-bond acceptors (Lipinski definition) is 5. The normalized spacial score (nSPS) is 19.6. The number of anilines is 2. The third kappa shape index (κ3) is 2.33. The molecule has 1 amide bonds. The second-order valence-corrected chi connectivity index (χ2v) is 4.11. The number of methoxy groups -OCH3 is 1. The molecular weight excluding hydrogens is 234 g/mol. The first kappa shape index (κ1) is 12.5. The van der Waals surface area contributed by atoms with Crippen LogP contribution in [0, 0.1) is 0 Å². The molecule has 1 aliphatic heterocycles. The predicted octanol–water partition coefficient (Wildman–Crippen LogP) is -0.0321. The van der Waals surface area contributed by atoms with Crippen LogP contribution in [-0.4, -0.2) is 38.8 Å². The summed E-state index contributed by atoms with van der Waals surface area (Å²) in [6.07, 6.45) is 0. The monoisotopic (exact) mass is 251 g/mol. The average Bonchev–Trinajstić information content (AvgIpc) is 2.39. The number of benzene rings is 1. The van der Waals surface area contributed by atoms with Crippen LogP contribution in [0.2, 0.25) is 0 Å². The second-order valence-electron chi connectivity index (χ2n) is 4.11. The zero-order valence-electron chi connectivity index (χ0n) is 10.3. The van der Waals surface area contributed by atoms with E-state index in [-0.39, 0.29) is 6.61 Å². The summed E-state index contributed by atoms with van der Waals surface area (Å²) in [7, 11) is 1.58. The molecule has 1 aromatic rings. The molecule has 1 aliphatic rings. The van der Waals surface area contributed by atoms with Gasteiger partial charge in [0.05, 0.1) is 31.7 Å². The van der Waals surface area contributed by atoms with E-state index in [1.165, 1.54) is 0 Å². The van der Waals surface area contributed by atoms with Gasteiger partial charge in [-0.05, 0) is 12.1 Å². The van der Waals surface area contributed by atoms with Crippen LogP contribution in [0.15, 0.2) is 18.2 Å². The van der Waals surface area contributed by atoms with Gasteiger partial charge in [0.2, 0.25) is 5.91 Å². The van der Waals surface area contributed by atoms with Crippen molar-refractivity contribution in [2.75, 3.05) is 37.5 Å². The van der Waals surface area contributed by atoms with Crippen molar-refractivity contribution in [3.05, 3.63) is 18.2 Å². The third-order valence-corrected chi connectivity index (χ3v) is 3.00. The van der Waals surface area contributed by atoms with Crippen LogP contribution in [0.1, 0.15) is 0 Å². The minimum absolute atomic E-state index is 0.284. The maximum Gasteiger partial charge on any atom is 0.242 e. The molecule has 0 spiro atoms. The van der Waals surface area contributed by atoms with E-state index in [2.05, 4.69) is 0 Å². The standard InChI is InChI=1S/C12H17N3O3/c1-17-8-2-3-9(13)10(6-8)15-4-5-18-7-11(15)12(14)16/h2-3,6,11H,4-5,7,13H2,1H3,(H2,14,16). The Hall–Kier alpha value is -1.95. The summed E-state index contributed by atoms with van der Waals surface area (Å²) in [5, 5.41) is 0. The summed E-state index contributed by atoms with van der Waals surface area (Å²) in [5.41, 5.74) is 12.7. The Labute approximate surface area is 105 Å². The SMILES string of the molecule is COc1ccc(N)c(N2CCOCC2C(N)=O)c1. The lowest BCUT2D eigenvalue weighted by atomic mass is 10.1. The molecule has 18 heavy (non-hydrogen) atoms. The Morgan fingerprint density at radius 3 is 3.00 bits per heavy atom. The summed E-state index contributed by atoms with van der Waals surface area (Å²) in [4.78, 5) is 13.3. The van der Waals surface area contributed by atoms with Crippen molar-refractivity contribution >= 4 is 17.3 Å². The number of ether oxygens (including phenoxy) is 2. The van der Waals surface area contributed by atoms with E-state index in [9.17, 15) is 4.79 Å². The topological polar surface area (TPSA) is 90.8 Å². The lowest BCUT2D eigenvalue weighted by Gasteiger charge is -2.36. The van der Waals surface area contributed by atoms with E-state index in [4.69, 9.17) is 20.9 Å². The zero-order chi connectivity index (χ0) is 13.1. The Morgan fingerprint density at radius 1 is 1.56 bits per heavy atom. The van der Waals surface area contributed by atoms with E-state index < -0.39 is 11.9 Å². The number of primary amides is 1. The van der Waals surface area contributed by atoms with Gasteiger partial charge in [0.15, 0.2) is 0 Å². The van der Waals surface area contributed by atoms with Gasteiger partial charge in [-0.3, -0.25) is 4.79 Å². The van der Waals surface area contributed by atoms with E-state index in [0.29, 0.717) is 24.6 Å². The first-order valence-electron chi connectivity index (χ1n) is 5.70. The number of rotatable bonds is 3. The highest BCUT2D eigenvalue weighted by Crippen LogP contribution is 2.30. The summed E-state index contributed by atoms with van der Waals surface area (Å²) in [6.45, 7) is 1.40. The minimum atomic E-state index is -0.492. The molecule has 6 nitrogen and oxygen atoms in total. The molecule has 98 valence electrons. The fraction of sp³-hybridized carbons (Fsp3) is 0.417. The highest BCUT2D eigenvalue weighted by molar-refractivity contribution is 5.86. The molecule has 1 aromatic carbocycles. The molecule has 4 N–H and O–H groups in total. The molecule has 1 fully saturated rings. The number of amides is 1. The van der Waals surface area contributed by atoms with Crippen molar-refractivity contribution in [3.63, 3.8) is 0 Å². The molecule has 1 unspecified atom stereocenters. The largest absolute Gasteiger partial charge is 0.497 e. The van der Waals surface area contributed by atoms with Gasteiger partial charge in [-0.1, -0.05) is 0 Å². The van der Waals surface area contributed by atoms with Crippen molar-refractivity contribution in [2.45, 2.75) is 6.04 Å². The molecule has 0 saturated carbocycles. The fourth-order valence-electron chi connectivity index (χ4n) is 2.03. The fourth-order valence-corrected chi connectivity index (χ4v) is 2.03. The van der Waals surface area contributed by atoms with Gasteiger partial charge in [-0.2, -0.15) is 0 Å². The van der Waals surface area contributed by atoms with E-state index in [1.807, 2.05) is 4.90 Å². The Bertz CT molecular complexity index is 450. The molecule has 6 heteroatoms. The van der Waals surface area contributed by atoms with E-state index >= 15 is 0 Å². The summed E-state index contributed by atoms with van der Waals surface area (Å²) in [6, 6.07) is 4.84. The molecule has 0 radical (unpaired) electrons. The Morgan fingerprint density at radius 2 is 2.33 bits per heavy atom. The molecule has 1 atom stereocenters. The van der Waals surface area contributed by atoms with Crippen LogP contribution in [0.3, 0.4) is 0 Å². The highest BCUT2D eigenvalue weighted by Gasteiger charge is 2.29. The first-order chi connectivity index (χ1) is 8.63. The third-order valence-electron chi connectivity index (χ3n) is 3.00.